The molecule has 0 bridgehead atoms. The monoisotopic (exact) mass is 372 g/mol. The van der Waals surface area contributed by atoms with Crippen LogP contribution in [0.5, 0.6) is 0 Å². The zero-order chi connectivity index (χ0) is 19.3. The smallest absolute Gasteiger partial charge is 0.351 e. The second kappa shape index (κ2) is 8.28. The maximum atomic E-state index is 12.5. The molecular weight excluding hydrogens is 352 g/mol. The normalized spacial score (nSPS) is 22.5. The van der Waals surface area contributed by atoms with Gasteiger partial charge in [-0.1, -0.05) is 6.58 Å². The first kappa shape index (κ1) is 19.9. The molecule has 0 aliphatic carbocycles. The van der Waals surface area contributed by atoms with Gasteiger partial charge in [-0.3, -0.25) is 9.59 Å². The molecule has 0 spiro atoms. The summed E-state index contributed by atoms with van der Waals surface area (Å²) >= 11 is 0. The van der Waals surface area contributed by atoms with Crippen molar-refractivity contribution in [2.24, 2.45) is 0 Å². The van der Waals surface area contributed by atoms with Gasteiger partial charge in [0.2, 0.25) is 5.60 Å². The van der Waals surface area contributed by atoms with Crippen LogP contribution < -0.4 is 0 Å². The molecule has 2 heterocycles. The predicted octanol–water partition coefficient (Wildman–Crippen LogP) is -0.407. The minimum Gasteiger partial charge on any atom is -0.481 e. The van der Waals surface area contributed by atoms with Crippen LogP contribution in [0.1, 0.15) is 19.8 Å². The van der Waals surface area contributed by atoms with Crippen molar-refractivity contribution < 1.29 is 48.0 Å². The van der Waals surface area contributed by atoms with E-state index in [0.29, 0.717) is 13.2 Å². The molecule has 10 heteroatoms. The Balaban J connectivity index is 2.14. The summed E-state index contributed by atoms with van der Waals surface area (Å²) in [5.74, 6) is -4.57. The van der Waals surface area contributed by atoms with Crippen molar-refractivity contribution in [3.05, 3.63) is 12.2 Å². The summed E-state index contributed by atoms with van der Waals surface area (Å²) in [6, 6.07) is 0. The number of ether oxygens (including phenoxy) is 5. The Morgan fingerprint density at radius 1 is 1.08 bits per heavy atom. The van der Waals surface area contributed by atoms with Crippen molar-refractivity contribution in [3.63, 3.8) is 0 Å². The average Bonchev–Trinajstić information content (AvgIpc) is 3.44. The molecule has 3 atom stereocenters. The second-order valence-electron chi connectivity index (χ2n) is 6.10. The number of esters is 3. The van der Waals surface area contributed by atoms with Gasteiger partial charge in [-0.2, -0.15) is 0 Å². The molecule has 2 fully saturated rings. The molecule has 2 saturated heterocycles. The maximum absolute atomic E-state index is 12.5. The number of aliphatic carboxylic acids is 1. The number of carboxylic acid groups (broad SMARTS) is 1. The lowest BCUT2D eigenvalue weighted by molar-refractivity contribution is -0.189. The number of carbonyl (C=O) groups is 4. The van der Waals surface area contributed by atoms with Gasteiger partial charge in [-0.25, -0.2) is 9.59 Å². The van der Waals surface area contributed by atoms with E-state index in [0.717, 1.165) is 0 Å². The van der Waals surface area contributed by atoms with Gasteiger partial charge in [-0.05, 0) is 6.92 Å². The van der Waals surface area contributed by atoms with Crippen LogP contribution in [0.25, 0.3) is 0 Å². The quantitative estimate of drug-likeness (QED) is 0.220. The minimum absolute atomic E-state index is 0.0403. The Kier molecular flexibility index (Phi) is 6.32. The zero-order valence-electron chi connectivity index (χ0n) is 14.2. The van der Waals surface area contributed by atoms with E-state index in [1.165, 1.54) is 6.92 Å². The second-order valence-corrected chi connectivity index (χ2v) is 6.10. The third-order valence-corrected chi connectivity index (χ3v) is 3.51. The standard InChI is InChI=1S/C16H20O10/c1-9(2)14(20)26-16(3-12(17)18,15(21)25-8-11-6-23-11)4-13(19)24-7-10-5-22-10/h10-11H,1,3-8H2,2H3,(H,17,18). The fraction of sp³-hybridized carbons (Fsp3) is 0.625. The summed E-state index contributed by atoms with van der Waals surface area (Å²) in [5.41, 5.74) is -2.43. The van der Waals surface area contributed by atoms with E-state index in [9.17, 15) is 19.2 Å². The molecule has 0 aromatic heterocycles. The topological polar surface area (TPSA) is 141 Å². The highest BCUT2D eigenvalue weighted by atomic mass is 16.6. The van der Waals surface area contributed by atoms with E-state index < -0.39 is 42.3 Å². The first-order chi connectivity index (χ1) is 12.2. The van der Waals surface area contributed by atoms with Gasteiger partial charge in [-0.15, -0.1) is 0 Å². The number of hydrogen-bond donors (Lipinski definition) is 1. The van der Waals surface area contributed by atoms with Crippen molar-refractivity contribution in [3.8, 4) is 0 Å². The largest absolute Gasteiger partial charge is 0.481 e. The van der Waals surface area contributed by atoms with Crippen LogP contribution in [0.3, 0.4) is 0 Å². The Hall–Kier alpha value is -2.46. The third kappa shape index (κ3) is 6.12. The minimum atomic E-state index is -2.36. The molecule has 10 nitrogen and oxygen atoms in total. The summed E-state index contributed by atoms with van der Waals surface area (Å²) < 4.78 is 24.8. The van der Waals surface area contributed by atoms with E-state index in [-0.39, 0.29) is 31.0 Å². The van der Waals surface area contributed by atoms with Crippen LogP contribution >= 0.6 is 0 Å². The number of rotatable bonds is 11. The maximum Gasteiger partial charge on any atom is 0.351 e. The lowest BCUT2D eigenvalue weighted by Gasteiger charge is -2.29. The fourth-order valence-electron chi connectivity index (χ4n) is 1.93. The van der Waals surface area contributed by atoms with Crippen LogP contribution in [0.15, 0.2) is 12.2 Å². The third-order valence-electron chi connectivity index (χ3n) is 3.51. The molecule has 0 aromatic rings. The summed E-state index contributed by atoms with van der Waals surface area (Å²) in [7, 11) is 0. The van der Waals surface area contributed by atoms with Crippen LogP contribution in [0.4, 0.5) is 0 Å². The molecule has 0 saturated carbocycles. The van der Waals surface area contributed by atoms with Gasteiger partial charge < -0.3 is 28.8 Å². The van der Waals surface area contributed by atoms with Gasteiger partial charge >= 0.3 is 23.9 Å². The Morgan fingerprint density at radius 3 is 2.08 bits per heavy atom. The predicted molar refractivity (Wildman–Crippen MR) is 81.9 cm³/mol. The summed E-state index contributed by atoms with van der Waals surface area (Å²) in [6.45, 7) is 5.36. The zero-order valence-corrected chi connectivity index (χ0v) is 14.2. The Morgan fingerprint density at radius 2 is 1.62 bits per heavy atom. The highest BCUT2D eigenvalue weighted by molar-refractivity contribution is 5.95. The van der Waals surface area contributed by atoms with Gasteiger partial charge in [0.05, 0.1) is 26.1 Å². The van der Waals surface area contributed by atoms with E-state index in [1.54, 1.807) is 0 Å². The highest BCUT2D eigenvalue weighted by Gasteiger charge is 2.49. The molecule has 3 unspecified atom stereocenters. The van der Waals surface area contributed by atoms with Crippen molar-refractivity contribution in [2.75, 3.05) is 26.4 Å². The lowest BCUT2D eigenvalue weighted by Crippen LogP contribution is -2.48. The van der Waals surface area contributed by atoms with E-state index in [4.69, 9.17) is 28.8 Å². The van der Waals surface area contributed by atoms with Gasteiger partial charge in [0.15, 0.2) is 0 Å². The molecular formula is C16H20O10. The fourth-order valence-corrected chi connectivity index (χ4v) is 1.93. The summed E-state index contributed by atoms with van der Waals surface area (Å²) in [4.78, 5) is 47.8. The average molecular weight is 372 g/mol. The number of carboxylic acids is 1. The first-order valence-electron chi connectivity index (χ1n) is 7.88. The van der Waals surface area contributed by atoms with Crippen LogP contribution in [-0.4, -0.2) is 73.2 Å². The van der Waals surface area contributed by atoms with E-state index in [2.05, 4.69) is 6.58 Å². The molecule has 26 heavy (non-hydrogen) atoms. The molecule has 0 amide bonds. The van der Waals surface area contributed by atoms with E-state index >= 15 is 0 Å². The van der Waals surface area contributed by atoms with E-state index in [1.807, 2.05) is 0 Å². The molecule has 0 radical (unpaired) electrons. The number of hydrogen-bond acceptors (Lipinski definition) is 9. The molecule has 2 aliphatic rings. The molecule has 144 valence electrons. The molecule has 0 aromatic carbocycles. The molecule has 2 aliphatic heterocycles. The number of carbonyl (C=O) groups excluding carboxylic acids is 3. The lowest BCUT2D eigenvalue weighted by atomic mass is 9.94. The molecule has 1 N–H and O–H groups in total. The SMILES string of the molecule is C=C(C)C(=O)OC(CC(=O)O)(CC(=O)OCC1CO1)C(=O)OCC1CO1. The van der Waals surface area contributed by atoms with Gasteiger partial charge in [0.25, 0.3) is 0 Å². The van der Waals surface area contributed by atoms with Crippen LogP contribution in [0, 0.1) is 0 Å². The Labute approximate surface area is 149 Å². The summed E-state index contributed by atoms with van der Waals surface area (Å²) in [5, 5.41) is 9.16. The summed E-state index contributed by atoms with van der Waals surface area (Å²) in [6.07, 6.45) is -2.29. The Bertz CT molecular complexity index is 604. The van der Waals surface area contributed by atoms with Gasteiger partial charge in [0, 0.05) is 5.57 Å². The van der Waals surface area contributed by atoms with Gasteiger partial charge in [0.1, 0.15) is 25.4 Å². The van der Waals surface area contributed by atoms with Crippen molar-refractivity contribution >= 4 is 23.9 Å². The van der Waals surface area contributed by atoms with Crippen molar-refractivity contribution in [1.82, 2.24) is 0 Å². The van der Waals surface area contributed by atoms with Crippen molar-refractivity contribution in [1.29, 1.82) is 0 Å². The van der Waals surface area contributed by atoms with Crippen LogP contribution in [0.2, 0.25) is 0 Å². The highest BCUT2D eigenvalue weighted by Crippen LogP contribution is 2.27. The number of epoxide rings is 2. The first-order valence-corrected chi connectivity index (χ1v) is 7.88. The van der Waals surface area contributed by atoms with Crippen molar-refractivity contribution in [2.45, 2.75) is 37.6 Å². The van der Waals surface area contributed by atoms with Crippen LogP contribution in [-0.2, 0) is 42.9 Å². The molecule has 2 rings (SSSR count).